The smallest absolute Gasteiger partial charge is 0.241 e. The lowest BCUT2D eigenvalue weighted by Crippen LogP contribution is -2.52. The molecule has 0 aromatic heterocycles. The summed E-state index contributed by atoms with van der Waals surface area (Å²) in [6.45, 7) is 7.28. The third-order valence-electron chi connectivity index (χ3n) is 3.98. The largest absolute Gasteiger partial charge is 0.384 e. The highest BCUT2D eigenvalue weighted by atomic mass is 16.5. The van der Waals surface area contributed by atoms with Gasteiger partial charge in [0.2, 0.25) is 11.8 Å². The Morgan fingerprint density at radius 3 is 2.35 bits per heavy atom. The third-order valence-corrected chi connectivity index (χ3v) is 3.98. The van der Waals surface area contributed by atoms with Crippen molar-refractivity contribution in [1.82, 2.24) is 15.5 Å². The summed E-state index contributed by atoms with van der Waals surface area (Å²) in [5, 5.41) is 6.03. The maximum atomic E-state index is 12.4. The Hall–Kier alpha value is -1.14. The van der Waals surface area contributed by atoms with E-state index in [4.69, 9.17) is 4.74 Å². The molecule has 1 aliphatic heterocycles. The first kappa shape index (κ1) is 16.9. The van der Waals surface area contributed by atoms with Crippen LogP contribution in [0.3, 0.4) is 0 Å². The van der Waals surface area contributed by atoms with Crippen molar-refractivity contribution in [3.05, 3.63) is 0 Å². The molecule has 1 heterocycles. The summed E-state index contributed by atoms with van der Waals surface area (Å²) in [5.41, 5.74) is -0.496. The zero-order valence-electron chi connectivity index (χ0n) is 12.8. The Balaban J connectivity index is 2.56. The Labute approximate surface area is 121 Å². The predicted molar refractivity (Wildman–Crippen MR) is 77.4 cm³/mol. The molecule has 0 unspecified atom stereocenters. The lowest BCUT2D eigenvalue weighted by atomic mass is 9.78. The summed E-state index contributed by atoms with van der Waals surface area (Å²) in [7, 11) is 1.61. The van der Waals surface area contributed by atoms with Gasteiger partial charge in [0.1, 0.15) is 0 Å². The Morgan fingerprint density at radius 1 is 1.25 bits per heavy atom. The van der Waals surface area contributed by atoms with Crippen LogP contribution in [0.4, 0.5) is 0 Å². The van der Waals surface area contributed by atoms with E-state index in [0.717, 1.165) is 25.9 Å². The summed E-state index contributed by atoms with van der Waals surface area (Å²) < 4.78 is 5.22. The van der Waals surface area contributed by atoms with Gasteiger partial charge in [0.05, 0.1) is 18.6 Å². The Morgan fingerprint density at radius 2 is 1.85 bits per heavy atom. The van der Waals surface area contributed by atoms with Gasteiger partial charge in [0.25, 0.3) is 0 Å². The van der Waals surface area contributed by atoms with Gasteiger partial charge in [-0.1, -0.05) is 0 Å². The van der Waals surface area contributed by atoms with Crippen LogP contribution >= 0.6 is 0 Å². The summed E-state index contributed by atoms with van der Waals surface area (Å²) >= 11 is 0. The number of ether oxygens (including phenoxy) is 1. The van der Waals surface area contributed by atoms with Gasteiger partial charge in [-0.15, -0.1) is 0 Å². The fourth-order valence-corrected chi connectivity index (χ4v) is 2.65. The number of hydrogen-bond donors (Lipinski definition) is 2. The minimum atomic E-state index is -0.496. The number of likely N-dealkylation sites (N-methyl/N-ethyl adjacent to an activating group) is 1. The Bertz CT molecular complexity index is 318. The highest BCUT2D eigenvalue weighted by molar-refractivity contribution is 5.88. The molecule has 0 saturated carbocycles. The van der Waals surface area contributed by atoms with Gasteiger partial charge in [0.15, 0.2) is 0 Å². The average Bonchev–Trinajstić information content (AvgIpc) is 2.47. The molecule has 1 rings (SSSR count). The predicted octanol–water partition coefficient (Wildman–Crippen LogP) is -0.0128. The van der Waals surface area contributed by atoms with Crippen LogP contribution in [0.25, 0.3) is 0 Å². The van der Waals surface area contributed by atoms with E-state index >= 15 is 0 Å². The SMILES string of the molecule is CCN(CC)C(=O)CNC(=O)C1(COC)CCNCC1. The summed E-state index contributed by atoms with van der Waals surface area (Å²) in [6.07, 6.45) is 1.48. The van der Waals surface area contributed by atoms with Gasteiger partial charge in [-0.25, -0.2) is 0 Å². The summed E-state index contributed by atoms with van der Waals surface area (Å²) in [4.78, 5) is 26.1. The number of rotatable bonds is 7. The molecule has 0 bridgehead atoms. The first-order chi connectivity index (χ1) is 9.59. The number of nitrogens with zero attached hydrogens (tertiary/aromatic N) is 1. The average molecular weight is 285 g/mol. The fourth-order valence-electron chi connectivity index (χ4n) is 2.65. The number of nitrogens with one attached hydrogen (secondary N) is 2. The van der Waals surface area contributed by atoms with Crippen LogP contribution in [0.5, 0.6) is 0 Å². The van der Waals surface area contributed by atoms with Crippen LogP contribution in [-0.2, 0) is 14.3 Å². The van der Waals surface area contributed by atoms with Crippen molar-refractivity contribution in [2.75, 3.05) is 46.4 Å². The molecule has 2 amide bonds. The topological polar surface area (TPSA) is 70.7 Å². The van der Waals surface area contributed by atoms with E-state index in [0.29, 0.717) is 19.7 Å². The monoisotopic (exact) mass is 285 g/mol. The van der Waals surface area contributed by atoms with Crippen LogP contribution in [0, 0.1) is 5.41 Å². The van der Waals surface area contributed by atoms with Crippen molar-refractivity contribution in [3.63, 3.8) is 0 Å². The summed E-state index contributed by atoms with van der Waals surface area (Å²) in [5.74, 6) is -0.105. The zero-order chi connectivity index (χ0) is 15.0. The van der Waals surface area contributed by atoms with Crippen LogP contribution in [0.1, 0.15) is 26.7 Å². The molecule has 0 spiro atoms. The van der Waals surface area contributed by atoms with Crippen LogP contribution in [0.2, 0.25) is 0 Å². The van der Waals surface area contributed by atoms with E-state index < -0.39 is 5.41 Å². The number of piperidine rings is 1. The molecule has 6 heteroatoms. The molecular weight excluding hydrogens is 258 g/mol. The maximum absolute atomic E-state index is 12.4. The number of methoxy groups -OCH3 is 1. The van der Waals surface area contributed by atoms with E-state index in [1.165, 1.54) is 0 Å². The van der Waals surface area contributed by atoms with Crippen molar-refractivity contribution >= 4 is 11.8 Å². The van der Waals surface area contributed by atoms with Crippen molar-refractivity contribution in [2.45, 2.75) is 26.7 Å². The quantitative estimate of drug-likeness (QED) is 0.690. The van der Waals surface area contributed by atoms with Gasteiger partial charge < -0.3 is 20.3 Å². The van der Waals surface area contributed by atoms with Gasteiger partial charge in [-0.2, -0.15) is 0 Å². The van der Waals surface area contributed by atoms with Crippen molar-refractivity contribution in [1.29, 1.82) is 0 Å². The number of carbonyl (C=O) groups excluding carboxylic acids is 2. The molecule has 2 N–H and O–H groups in total. The number of carbonyl (C=O) groups is 2. The molecule has 0 radical (unpaired) electrons. The molecule has 20 heavy (non-hydrogen) atoms. The molecule has 6 nitrogen and oxygen atoms in total. The normalized spacial score (nSPS) is 17.6. The molecule has 0 aromatic carbocycles. The molecule has 1 aliphatic rings. The molecule has 0 atom stereocenters. The second-order valence-corrected chi connectivity index (χ2v) is 5.21. The fraction of sp³-hybridized carbons (Fsp3) is 0.857. The molecular formula is C14H27N3O3. The van der Waals surface area contributed by atoms with Gasteiger partial charge in [-0.05, 0) is 39.8 Å². The van der Waals surface area contributed by atoms with Crippen LogP contribution in [0.15, 0.2) is 0 Å². The lowest BCUT2D eigenvalue weighted by Gasteiger charge is -2.35. The first-order valence-corrected chi connectivity index (χ1v) is 7.35. The number of hydrogen-bond acceptors (Lipinski definition) is 4. The minimum absolute atomic E-state index is 0.0372. The molecule has 1 fully saturated rings. The molecule has 0 aliphatic carbocycles. The van der Waals surface area contributed by atoms with Crippen molar-refractivity contribution < 1.29 is 14.3 Å². The summed E-state index contributed by atoms with van der Waals surface area (Å²) in [6, 6.07) is 0. The van der Waals surface area contributed by atoms with Gasteiger partial charge in [-0.3, -0.25) is 9.59 Å². The van der Waals surface area contributed by atoms with Crippen molar-refractivity contribution in [2.24, 2.45) is 5.41 Å². The molecule has 1 saturated heterocycles. The van der Waals surface area contributed by atoms with Crippen molar-refractivity contribution in [3.8, 4) is 0 Å². The standard InChI is InChI=1S/C14H27N3O3/c1-4-17(5-2)12(18)10-16-13(19)14(11-20-3)6-8-15-9-7-14/h15H,4-11H2,1-3H3,(H,16,19). The van der Waals surface area contributed by atoms with E-state index in [2.05, 4.69) is 10.6 Å². The highest BCUT2D eigenvalue weighted by Crippen LogP contribution is 2.29. The van der Waals surface area contributed by atoms with E-state index in [1.54, 1.807) is 12.0 Å². The molecule has 116 valence electrons. The second-order valence-electron chi connectivity index (χ2n) is 5.21. The van der Waals surface area contributed by atoms with E-state index in [1.807, 2.05) is 13.8 Å². The van der Waals surface area contributed by atoms with Crippen LogP contribution in [-0.4, -0.2) is 63.2 Å². The second kappa shape index (κ2) is 8.21. The van der Waals surface area contributed by atoms with E-state index in [-0.39, 0.29) is 18.4 Å². The minimum Gasteiger partial charge on any atom is -0.384 e. The van der Waals surface area contributed by atoms with E-state index in [9.17, 15) is 9.59 Å². The van der Waals surface area contributed by atoms with Crippen LogP contribution < -0.4 is 10.6 Å². The van der Waals surface area contributed by atoms with Gasteiger partial charge in [0, 0.05) is 20.2 Å². The molecule has 0 aromatic rings. The zero-order valence-corrected chi connectivity index (χ0v) is 12.8. The maximum Gasteiger partial charge on any atom is 0.241 e. The Kier molecular flexibility index (Phi) is 6.95. The lowest BCUT2D eigenvalue weighted by molar-refractivity contribution is -0.139. The first-order valence-electron chi connectivity index (χ1n) is 7.35. The highest BCUT2D eigenvalue weighted by Gasteiger charge is 2.39. The van der Waals surface area contributed by atoms with Gasteiger partial charge >= 0.3 is 0 Å². The number of amides is 2. The third kappa shape index (κ3) is 4.18.